The van der Waals surface area contributed by atoms with Gasteiger partial charge in [0.05, 0.1) is 6.04 Å². The molecule has 2 N–H and O–H groups in total. The third kappa shape index (κ3) is 1.99. The van der Waals surface area contributed by atoms with E-state index in [1.165, 1.54) is 6.92 Å². The molecule has 20 heavy (non-hydrogen) atoms. The van der Waals surface area contributed by atoms with Gasteiger partial charge in [-0.15, -0.1) is 0 Å². The lowest BCUT2D eigenvalue weighted by Gasteiger charge is -2.28. The minimum atomic E-state index is -0.476. The van der Waals surface area contributed by atoms with Gasteiger partial charge >= 0.3 is 6.03 Å². The Morgan fingerprint density at radius 3 is 2.80 bits per heavy atom. The van der Waals surface area contributed by atoms with Gasteiger partial charge in [-0.1, -0.05) is 6.07 Å². The van der Waals surface area contributed by atoms with Crippen LogP contribution in [0.2, 0.25) is 0 Å². The number of ketones is 1. The quantitative estimate of drug-likeness (QED) is 0.859. The Balaban J connectivity index is 2.05. The number of benzene rings is 1. The molecule has 0 unspecified atom stereocenters. The summed E-state index contributed by atoms with van der Waals surface area (Å²) >= 11 is 0. The molecule has 0 aromatic heterocycles. The maximum Gasteiger partial charge on any atom is 0.319 e. The highest BCUT2D eigenvalue weighted by Gasteiger charge is 2.30. The van der Waals surface area contributed by atoms with E-state index >= 15 is 0 Å². The summed E-state index contributed by atoms with van der Waals surface area (Å²) in [6.07, 6.45) is 0. The van der Waals surface area contributed by atoms with Crippen LogP contribution in [0.5, 0.6) is 11.5 Å². The largest absolute Gasteiger partial charge is 0.454 e. The Bertz CT molecular complexity index is 636. The maximum absolute atomic E-state index is 11.8. The van der Waals surface area contributed by atoms with Crippen molar-refractivity contribution in [3.05, 3.63) is 35.0 Å². The molecule has 0 fully saturated rings. The first-order chi connectivity index (χ1) is 9.56. The standard InChI is InChI=1S/C14H14N2O4/c1-7-12(8(2)17)13(16-14(18)15-7)9-3-4-10-11(5-9)20-6-19-10/h3-5,13H,6H2,1-2H3,(H2,15,16,18)/t13-/m0/s1. The van der Waals surface area contributed by atoms with Crippen molar-refractivity contribution in [2.75, 3.05) is 6.79 Å². The summed E-state index contributed by atoms with van der Waals surface area (Å²) in [5, 5.41) is 5.38. The van der Waals surface area contributed by atoms with Crippen molar-refractivity contribution >= 4 is 11.8 Å². The van der Waals surface area contributed by atoms with Gasteiger partial charge in [0.1, 0.15) is 0 Å². The van der Waals surface area contributed by atoms with Crippen LogP contribution in [0.3, 0.4) is 0 Å². The lowest BCUT2D eigenvalue weighted by atomic mass is 9.93. The van der Waals surface area contributed by atoms with Gasteiger partial charge in [-0.05, 0) is 31.5 Å². The first kappa shape index (κ1) is 12.5. The molecule has 0 saturated carbocycles. The number of hydrogen-bond acceptors (Lipinski definition) is 4. The van der Waals surface area contributed by atoms with E-state index in [-0.39, 0.29) is 18.6 Å². The molecule has 0 saturated heterocycles. The summed E-state index contributed by atoms with van der Waals surface area (Å²) in [5.41, 5.74) is 1.90. The molecule has 6 nitrogen and oxygen atoms in total. The van der Waals surface area contributed by atoms with Gasteiger partial charge in [-0.25, -0.2) is 4.79 Å². The highest BCUT2D eigenvalue weighted by atomic mass is 16.7. The highest BCUT2D eigenvalue weighted by Crippen LogP contribution is 2.36. The number of carbonyl (C=O) groups excluding carboxylic acids is 2. The fraction of sp³-hybridized carbons (Fsp3) is 0.286. The van der Waals surface area contributed by atoms with E-state index in [2.05, 4.69) is 10.6 Å². The van der Waals surface area contributed by atoms with Gasteiger partial charge in [-0.2, -0.15) is 0 Å². The van der Waals surface area contributed by atoms with E-state index in [0.29, 0.717) is 22.8 Å². The SMILES string of the molecule is CC(=O)C1=C(C)NC(=O)N[C@H]1c1ccc2c(c1)OCO2. The van der Waals surface area contributed by atoms with Gasteiger partial charge in [0.2, 0.25) is 6.79 Å². The predicted molar refractivity (Wildman–Crippen MR) is 70.4 cm³/mol. The summed E-state index contributed by atoms with van der Waals surface area (Å²) in [7, 11) is 0. The second-order valence-electron chi connectivity index (χ2n) is 4.74. The molecule has 1 aromatic rings. The Morgan fingerprint density at radius 2 is 2.05 bits per heavy atom. The van der Waals surface area contributed by atoms with E-state index in [0.717, 1.165) is 5.56 Å². The Kier molecular flexibility index (Phi) is 2.85. The zero-order valence-electron chi connectivity index (χ0n) is 11.1. The first-order valence-corrected chi connectivity index (χ1v) is 6.25. The Labute approximate surface area is 115 Å². The third-order valence-electron chi connectivity index (χ3n) is 3.38. The number of carbonyl (C=O) groups is 2. The number of hydrogen-bond donors (Lipinski definition) is 2. The van der Waals surface area contributed by atoms with Crippen LogP contribution in [0.25, 0.3) is 0 Å². The summed E-state index contributed by atoms with van der Waals surface area (Å²) < 4.78 is 10.6. The molecule has 0 spiro atoms. The first-order valence-electron chi connectivity index (χ1n) is 6.25. The van der Waals surface area contributed by atoms with Gasteiger partial charge in [0.15, 0.2) is 17.3 Å². The minimum absolute atomic E-state index is 0.0855. The van der Waals surface area contributed by atoms with Crippen molar-refractivity contribution in [3.8, 4) is 11.5 Å². The third-order valence-corrected chi connectivity index (χ3v) is 3.38. The van der Waals surface area contributed by atoms with Crippen LogP contribution in [0, 0.1) is 0 Å². The molecule has 0 bridgehead atoms. The van der Waals surface area contributed by atoms with Crippen molar-refractivity contribution in [1.29, 1.82) is 0 Å². The molecule has 2 amide bonds. The lowest BCUT2D eigenvalue weighted by Crippen LogP contribution is -2.44. The van der Waals surface area contributed by atoms with Crippen molar-refractivity contribution in [2.24, 2.45) is 0 Å². The maximum atomic E-state index is 11.8. The van der Waals surface area contributed by atoms with Crippen molar-refractivity contribution in [2.45, 2.75) is 19.9 Å². The van der Waals surface area contributed by atoms with Crippen LogP contribution in [-0.4, -0.2) is 18.6 Å². The monoisotopic (exact) mass is 274 g/mol. The van der Waals surface area contributed by atoms with Crippen LogP contribution in [-0.2, 0) is 4.79 Å². The second kappa shape index (κ2) is 4.56. The van der Waals surface area contributed by atoms with E-state index in [1.807, 2.05) is 6.07 Å². The normalized spacial score (nSPS) is 20.5. The van der Waals surface area contributed by atoms with Gasteiger partial charge in [0, 0.05) is 11.3 Å². The number of urea groups is 1. The highest BCUT2D eigenvalue weighted by molar-refractivity contribution is 5.98. The molecule has 2 aliphatic rings. The number of amides is 2. The van der Waals surface area contributed by atoms with Crippen molar-refractivity contribution < 1.29 is 19.1 Å². The molecule has 1 aromatic carbocycles. The van der Waals surface area contributed by atoms with Crippen LogP contribution in [0.1, 0.15) is 25.5 Å². The molecule has 1 atom stereocenters. The van der Waals surface area contributed by atoms with Gasteiger partial charge in [0.25, 0.3) is 0 Å². The van der Waals surface area contributed by atoms with E-state index in [4.69, 9.17) is 9.47 Å². The Morgan fingerprint density at radius 1 is 1.30 bits per heavy atom. The number of rotatable bonds is 2. The smallest absolute Gasteiger partial charge is 0.319 e. The topological polar surface area (TPSA) is 76.7 Å². The number of ether oxygens (including phenoxy) is 2. The van der Waals surface area contributed by atoms with Gasteiger partial charge in [-0.3, -0.25) is 4.79 Å². The molecule has 2 aliphatic heterocycles. The molecular weight excluding hydrogens is 260 g/mol. The van der Waals surface area contributed by atoms with Crippen molar-refractivity contribution in [3.63, 3.8) is 0 Å². The number of Topliss-reactive ketones (excluding diaryl/α,β-unsaturated/α-hetero) is 1. The van der Waals surface area contributed by atoms with Crippen LogP contribution in [0.15, 0.2) is 29.5 Å². The van der Waals surface area contributed by atoms with Crippen molar-refractivity contribution in [1.82, 2.24) is 10.6 Å². The zero-order chi connectivity index (χ0) is 14.3. The van der Waals surface area contributed by atoms with Crippen LogP contribution >= 0.6 is 0 Å². The second-order valence-corrected chi connectivity index (χ2v) is 4.74. The average Bonchev–Trinajstić information content (AvgIpc) is 2.84. The molecule has 0 radical (unpaired) electrons. The van der Waals surface area contributed by atoms with Gasteiger partial charge < -0.3 is 20.1 Å². The molecular formula is C14H14N2O4. The van der Waals surface area contributed by atoms with Crippen LogP contribution in [0.4, 0.5) is 4.79 Å². The fourth-order valence-electron chi connectivity index (χ4n) is 2.50. The summed E-state index contributed by atoms with van der Waals surface area (Å²) in [6, 6.07) is 4.58. The number of allylic oxidation sites excluding steroid dienone is 1. The van der Waals surface area contributed by atoms with E-state index in [1.54, 1.807) is 19.1 Å². The molecule has 2 heterocycles. The van der Waals surface area contributed by atoms with E-state index in [9.17, 15) is 9.59 Å². The van der Waals surface area contributed by atoms with Crippen LogP contribution < -0.4 is 20.1 Å². The molecule has 6 heteroatoms. The molecule has 104 valence electrons. The molecule has 0 aliphatic carbocycles. The molecule has 3 rings (SSSR count). The van der Waals surface area contributed by atoms with E-state index < -0.39 is 6.04 Å². The lowest BCUT2D eigenvalue weighted by molar-refractivity contribution is -0.114. The average molecular weight is 274 g/mol. The number of nitrogens with one attached hydrogen (secondary N) is 2. The summed E-state index contributed by atoms with van der Waals surface area (Å²) in [6.45, 7) is 3.39. The minimum Gasteiger partial charge on any atom is -0.454 e. The summed E-state index contributed by atoms with van der Waals surface area (Å²) in [5.74, 6) is 1.20. The summed E-state index contributed by atoms with van der Waals surface area (Å²) in [4.78, 5) is 23.5. The Hall–Kier alpha value is -2.50. The fourth-order valence-corrected chi connectivity index (χ4v) is 2.50. The zero-order valence-corrected chi connectivity index (χ0v) is 11.1. The predicted octanol–water partition coefficient (Wildman–Crippen LogP) is 1.63. The number of fused-ring (bicyclic) bond motifs is 1.